The normalized spacial score (nSPS) is 9.64. The lowest BCUT2D eigenvalue weighted by atomic mass is 10.1. The fraction of sp³-hybridized carbons (Fsp3) is 0.125. The summed E-state index contributed by atoms with van der Waals surface area (Å²) in [5, 5.41) is 0.581. The van der Waals surface area contributed by atoms with E-state index >= 15 is 0 Å². The molecule has 0 heterocycles. The Hall–Kier alpha value is -0.470. The molecule has 0 aliphatic carbocycles. The molecule has 0 saturated heterocycles. The molecule has 3 heteroatoms. The zero-order valence-corrected chi connectivity index (χ0v) is 7.40. The molecule has 0 aliphatic heterocycles. The van der Waals surface area contributed by atoms with E-state index in [9.17, 15) is 4.79 Å². The van der Waals surface area contributed by atoms with Crippen molar-refractivity contribution in [2.75, 3.05) is 0 Å². The summed E-state index contributed by atoms with van der Waals surface area (Å²) in [6.07, 6.45) is 0.789. The maximum Gasteiger partial charge on any atom is 0.150 e. The van der Waals surface area contributed by atoms with E-state index in [1.54, 1.807) is 18.2 Å². The Kier molecular flexibility index (Phi) is 2.97. The number of carbonyl (C=O) groups excluding carboxylic acids is 1. The number of rotatable bonds is 2. The van der Waals surface area contributed by atoms with Crippen molar-refractivity contribution in [3.63, 3.8) is 0 Å². The molecule has 1 aromatic carbocycles. The Balaban J connectivity index is 3.16. The minimum absolute atomic E-state index is 0.561. The molecule has 0 radical (unpaired) electrons. The van der Waals surface area contributed by atoms with Crippen molar-refractivity contribution in [3.8, 4) is 0 Å². The topological polar surface area (TPSA) is 17.1 Å². The van der Waals surface area contributed by atoms with Crippen LogP contribution < -0.4 is 0 Å². The number of benzene rings is 1. The standard InChI is InChI=1S/C8H7ClOS/c9-8-2-1-6(5-11)7(3-8)4-10/h1-4,11H,5H2. The number of halogens is 1. The lowest BCUT2D eigenvalue weighted by Gasteiger charge is -1.99. The summed E-state index contributed by atoms with van der Waals surface area (Å²) in [7, 11) is 0. The highest BCUT2D eigenvalue weighted by Crippen LogP contribution is 2.15. The molecule has 0 amide bonds. The molecule has 0 atom stereocenters. The fourth-order valence-corrected chi connectivity index (χ4v) is 1.29. The molecule has 1 rings (SSSR count). The van der Waals surface area contributed by atoms with E-state index in [0.29, 0.717) is 16.3 Å². The third-order valence-corrected chi connectivity index (χ3v) is 1.98. The van der Waals surface area contributed by atoms with Gasteiger partial charge in [0.25, 0.3) is 0 Å². The maximum atomic E-state index is 10.4. The van der Waals surface area contributed by atoms with Crippen molar-refractivity contribution >= 4 is 30.5 Å². The summed E-state index contributed by atoms with van der Waals surface area (Å²) in [5.41, 5.74) is 1.53. The van der Waals surface area contributed by atoms with Gasteiger partial charge in [0.2, 0.25) is 0 Å². The van der Waals surface area contributed by atoms with E-state index < -0.39 is 0 Å². The highest BCUT2D eigenvalue weighted by atomic mass is 35.5. The Bertz CT molecular complexity index is 273. The fourth-order valence-electron chi connectivity index (χ4n) is 0.819. The first-order chi connectivity index (χ1) is 5.27. The molecule has 0 bridgehead atoms. The monoisotopic (exact) mass is 186 g/mol. The van der Waals surface area contributed by atoms with Crippen molar-refractivity contribution in [2.45, 2.75) is 5.75 Å². The van der Waals surface area contributed by atoms with Gasteiger partial charge in [0.05, 0.1) is 0 Å². The summed E-state index contributed by atoms with van der Waals surface area (Å²) in [6.45, 7) is 0. The van der Waals surface area contributed by atoms with Gasteiger partial charge < -0.3 is 0 Å². The number of thiol groups is 1. The van der Waals surface area contributed by atoms with Crippen LogP contribution in [0.15, 0.2) is 18.2 Å². The molecule has 0 fully saturated rings. The van der Waals surface area contributed by atoms with Gasteiger partial charge in [0.1, 0.15) is 6.29 Å². The van der Waals surface area contributed by atoms with Gasteiger partial charge >= 0.3 is 0 Å². The van der Waals surface area contributed by atoms with Gasteiger partial charge in [-0.2, -0.15) is 12.6 Å². The summed E-state index contributed by atoms with van der Waals surface area (Å²) in [5.74, 6) is 0.561. The van der Waals surface area contributed by atoms with Crippen molar-refractivity contribution in [3.05, 3.63) is 34.3 Å². The van der Waals surface area contributed by atoms with Crippen LogP contribution in [0.4, 0.5) is 0 Å². The first-order valence-corrected chi connectivity index (χ1v) is 4.13. The van der Waals surface area contributed by atoms with Crippen LogP contribution in [0.25, 0.3) is 0 Å². The summed E-state index contributed by atoms with van der Waals surface area (Å²) in [6, 6.07) is 5.19. The van der Waals surface area contributed by atoms with E-state index in [-0.39, 0.29) is 0 Å². The van der Waals surface area contributed by atoms with Gasteiger partial charge in [0.15, 0.2) is 0 Å². The first-order valence-electron chi connectivity index (χ1n) is 3.12. The average molecular weight is 187 g/mol. The number of carbonyl (C=O) groups is 1. The summed E-state index contributed by atoms with van der Waals surface area (Å²) >= 11 is 9.73. The smallest absolute Gasteiger partial charge is 0.150 e. The highest BCUT2D eigenvalue weighted by Gasteiger charge is 1.99. The van der Waals surface area contributed by atoms with E-state index in [1.807, 2.05) is 0 Å². The molecule has 0 saturated carbocycles. The van der Waals surface area contributed by atoms with Gasteiger partial charge in [-0.3, -0.25) is 4.79 Å². The highest BCUT2D eigenvalue weighted by molar-refractivity contribution is 7.79. The van der Waals surface area contributed by atoms with Crippen molar-refractivity contribution < 1.29 is 4.79 Å². The summed E-state index contributed by atoms with van der Waals surface area (Å²) in [4.78, 5) is 10.4. The van der Waals surface area contributed by atoms with Gasteiger partial charge in [-0.25, -0.2) is 0 Å². The second-order valence-electron chi connectivity index (χ2n) is 2.12. The molecular weight excluding hydrogens is 180 g/mol. The third-order valence-electron chi connectivity index (χ3n) is 1.41. The lowest BCUT2D eigenvalue weighted by Crippen LogP contribution is -1.88. The first kappa shape index (κ1) is 8.62. The van der Waals surface area contributed by atoms with Crippen LogP contribution in [-0.2, 0) is 5.75 Å². The van der Waals surface area contributed by atoms with Crippen LogP contribution in [-0.4, -0.2) is 6.29 Å². The summed E-state index contributed by atoms with van der Waals surface area (Å²) < 4.78 is 0. The Morgan fingerprint density at radius 2 is 2.27 bits per heavy atom. The second kappa shape index (κ2) is 3.79. The molecular formula is C8H7ClOS. The number of hydrogen-bond donors (Lipinski definition) is 1. The molecule has 0 spiro atoms. The minimum Gasteiger partial charge on any atom is -0.298 e. The molecule has 0 aromatic heterocycles. The number of aldehydes is 1. The molecule has 0 unspecified atom stereocenters. The Morgan fingerprint density at radius 3 is 2.82 bits per heavy atom. The van der Waals surface area contributed by atoms with E-state index in [2.05, 4.69) is 12.6 Å². The van der Waals surface area contributed by atoms with Crippen LogP contribution in [0.5, 0.6) is 0 Å². The lowest BCUT2D eigenvalue weighted by molar-refractivity contribution is 0.112. The third kappa shape index (κ3) is 1.98. The van der Waals surface area contributed by atoms with Gasteiger partial charge in [0, 0.05) is 16.3 Å². The molecule has 0 N–H and O–H groups in total. The molecule has 1 aromatic rings. The van der Waals surface area contributed by atoms with Crippen molar-refractivity contribution in [2.24, 2.45) is 0 Å². The van der Waals surface area contributed by atoms with Gasteiger partial charge in [-0.15, -0.1) is 0 Å². The Labute approximate surface area is 75.8 Å². The zero-order chi connectivity index (χ0) is 8.27. The SMILES string of the molecule is O=Cc1cc(Cl)ccc1CS. The predicted molar refractivity (Wildman–Crippen MR) is 49.5 cm³/mol. The molecule has 58 valence electrons. The quantitative estimate of drug-likeness (QED) is 0.555. The number of hydrogen-bond acceptors (Lipinski definition) is 2. The zero-order valence-electron chi connectivity index (χ0n) is 5.75. The predicted octanol–water partition coefficient (Wildman–Crippen LogP) is 2.58. The second-order valence-corrected chi connectivity index (χ2v) is 2.87. The molecule has 0 aliphatic rings. The van der Waals surface area contributed by atoms with Crippen LogP contribution in [0.3, 0.4) is 0 Å². The molecule has 11 heavy (non-hydrogen) atoms. The van der Waals surface area contributed by atoms with E-state index in [4.69, 9.17) is 11.6 Å². The largest absolute Gasteiger partial charge is 0.298 e. The van der Waals surface area contributed by atoms with Crippen LogP contribution >= 0.6 is 24.2 Å². The van der Waals surface area contributed by atoms with Crippen LogP contribution in [0.2, 0.25) is 5.02 Å². The van der Waals surface area contributed by atoms with E-state index in [0.717, 1.165) is 11.8 Å². The van der Waals surface area contributed by atoms with Gasteiger partial charge in [-0.05, 0) is 17.7 Å². The molecule has 1 nitrogen and oxygen atoms in total. The Morgan fingerprint density at radius 1 is 1.55 bits per heavy atom. The van der Waals surface area contributed by atoms with E-state index in [1.165, 1.54) is 0 Å². The van der Waals surface area contributed by atoms with Crippen LogP contribution in [0, 0.1) is 0 Å². The minimum atomic E-state index is 0.561. The van der Waals surface area contributed by atoms with Gasteiger partial charge in [-0.1, -0.05) is 17.7 Å². The van der Waals surface area contributed by atoms with Crippen LogP contribution in [0.1, 0.15) is 15.9 Å². The average Bonchev–Trinajstić information content (AvgIpc) is 2.04. The maximum absolute atomic E-state index is 10.4. The van der Waals surface area contributed by atoms with Crippen molar-refractivity contribution in [1.29, 1.82) is 0 Å². The van der Waals surface area contributed by atoms with Crippen molar-refractivity contribution in [1.82, 2.24) is 0 Å².